The maximum atomic E-state index is 10.9. The van der Waals surface area contributed by atoms with Crippen LogP contribution in [0.25, 0.3) is 0 Å². The lowest BCUT2D eigenvalue weighted by atomic mass is 10.1. The van der Waals surface area contributed by atoms with E-state index in [1.54, 1.807) is 0 Å². The highest BCUT2D eigenvalue weighted by atomic mass is 127. The zero-order valence-electron chi connectivity index (χ0n) is 6.20. The minimum Gasteiger partial charge on any atom is -0.276 e. The van der Waals surface area contributed by atoms with Crippen molar-refractivity contribution in [2.24, 2.45) is 0 Å². The highest BCUT2D eigenvalue weighted by Gasteiger charge is 2.10. The Labute approximate surface area is 97.8 Å². The lowest BCUT2D eigenvalue weighted by Crippen LogP contribution is -1.95. The highest BCUT2D eigenvalue weighted by Crippen LogP contribution is 2.24. The van der Waals surface area contributed by atoms with E-state index < -0.39 is 5.24 Å². The molecule has 0 bridgehead atoms. The summed E-state index contributed by atoms with van der Waals surface area (Å²) in [6.07, 6.45) is 0. The molecular formula is C8H5BrClIO. The third kappa shape index (κ3) is 2.20. The SMILES string of the molecule is Cc1cc(I)cc(Br)c1C(=O)Cl. The van der Waals surface area contributed by atoms with Gasteiger partial charge >= 0.3 is 0 Å². The fraction of sp³-hybridized carbons (Fsp3) is 0.125. The van der Waals surface area contributed by atoms with Crippen molar-refractivity contribution in [2.75, 3.05) is 0 Å². The van der Waals surface area contributed by atoms with Crippen LogP contribution in [0.4, 0.5) is 0 Å². The molecule has 12 heavy (non-hydrogen) atoms. The minimum absolute atomic E-state index is 0.421. The van der Waals surface area contributed by atoms with Gasteiger partial charge in [-0.05, 0) is 74.7 Å². The fourth-order valence-electron chi connectivity index (χ4n) is 0.951. The van der Waals surface area contributed by atoms with Crippen molar-refractivity contribution in [1.29, 1.82) is 0 Å². The van der Waals surface area contributed by atoms with Crippen LogP contribution in [0.15, 0.2) is 16.6 Å². The third-order valence-electron chi connectivity index (χ3n) is 1.45. The quantitative estimate of drug-likeness (QED) is 0.551. The Morgan fingerprint density at radius 2 is 2.17 bits per heavy atom. The Kier molecular flexibility index (Phi) is 3.55. The van der Waals surface area contributed by atoms with E-state index in [-0.39, 0.29) is 0 Å². The van der Waals surface area contributed by atoms with Gasteiger partial charge in [-0.1, -0.05) is 0 Å². The zero-order valence-corrected chi connectivity index (χ0v) is 10.7. The van der Waals surface area contributed by atoms with Gasteiger partial charge in [-0.15, -0.1) is 0 Å². The van der Waals surface area contributed by atoms with Crippen LogP contribution in [-0.4, -0.2) is 5.24 Å². The Balaban J connectivity index is 3.38. The van der Waals surface area contributed by atoms with Crippen LogP contribution in [0, 0.1) is 10.5 Å². The second kappa shape index (κ2) is 4.07. The Morgan fingerprint density at radius 1 is 1.58 bits per heavy atom. The summed E-state index contributed by atoms with van der Waals surface area (Å²) >= 11 is 10.9. The molecule has 1 aromatic rings. The molecule has 1 rings (SSSR count). The number of hydrogen-bond acceptors (Lipinski definition) is 1. The van der Waals surface area contributed by atoms with Gasteiger partial charge in [0.15, 0.2) is 0 Å². The van der Waals surface area contributed by atoms with Crippen molar-refractivity contribution >= 4 is 55.4 Å². The lowest BCUT2D eigenvalue weighted by Gasteiger charge is -2.03. The molecule has 0 N–H and O–H groups in total. The first-order valence-corrected chi connectivity index (χ1v) is 5.43. The highest BCUT2D eigenvalue weighted by molar-refractivity contribution is 14.1. The van der Waals surface area contributed by atoms with Gasteiger partial charge in [0.1, 0.15) is 0 Å². The summed E-state index contributed by atoms with van der Waals surface area (Å²) in [5, 5.41) is -0.421. The predicted octanol–water partition coefficient (Wildman–Crippen LogP) is 3.74. The standard InChI is InChI=1S/C8H5BrClIO/c1-4-2-5(11)3-6(9)7(4)8(10)12/h2-3H,1H3. The molecule has 0 saturated carbocycles. The lowest BCUT2D eigenvalue weighted by molar-refractivity contribution is 0.108. The van der Waals surface area contributed by atoms with Crippen LogP contribution in [0.3, 0.4) is 0 Å². The molecule has 1 aromatic carbocycles. The van der Waals surface area contributed by atoms with Crippen LogP contribution in [0.1, 0.15) is 15.9 Å². The van der Waals surface area contributed by atoms with Gasteiger partial charge in [0.2, 0.25) is 0 Å². The zero-order chi connectivity index (χ0) is 9.30. The van der Waals surface area contributed by atoms with Crippen LogP contribution < -0.4 is 0 Å². The second-order valence-electron chi connectivity index (χ2n) is 2.35. The summed E-state index contributed by atoms with van der Waals surface area (Å²) in [5.41, 5.74) is 1.45. The predicted molar refractivity (Wildman–Crippen MR) is 61.8 cm³/mol. The molecule has 64 valence electrons. The van der Waals surface area contributed by atoms with Gasteiger partial charge in [-0.2, -0.15) is 0 Å². The molecule has 0 spiro atoms. The molecule has 0 aliphatic rings. The van der Waals surface area contributed by atoms with E-state index in [0.29, 0.717) is 5.56 Å². The van der Waals surface area contributed by atoms with Gasteiger partial charge in [-0.3, -0.25) is 4.79 Å². The fourth-order valence-corrected chi connectivity index (χ4v) is 3.26. The molecule has 0 saturated heterocycles. The number of carbonyl (C=O) groups excluding carboxylic acids is 1. The molecule has 0 atom stereocenters. The van der Waals surface area contributed by atoms with E-state index in [2.05, 4.69) is 38.5 Å². The minimum atomic E-state index is -0.421. The summed E-state index contributed by atoms with van der Waals surface area (Å²) in [6.45, 7) is 1.86. The summed E-state index contributed by atoms with van der Waals surface area (Å²) in [7, 11) is 0. The molecular weight excluding hydrogens is 354 g/mol. The smallest absolute Gasteiger partial charge is 0.253 e. The number of aryl methyl sites for hydroxylation is 1. The van der Waals surface area contributed by atoms with Crippen molar-refractivity contribution in [3.63, 3.8) is 0 Å². The van der Waals surface area contributed by atoms with Gasteiger partial charge in [0.25, 0.3) is 5.24 Å². The molecule has 0 heterocycles. The van der Waals surface area contributed by atoms with E-state index in [1.807, 2.05) is 19.1 Å². The normalized spacial score (nSPS) is 10.0. The number of benzene rings is 1. The monoisotopic (exact) mass is 358 g/mol. The van der Waals surface area contributed by atoms with E-state index in [0.717, 1.165) is 13.6 Å². The number of carbonyl (C=O) groups is 1. The molecule has 0 unspecified atom stereocenters. The number of halogens is 3. The second-order valence-corrected chi connectivity index (χ2v) is 4.80. The number of hydrogen-bond donors (Lipinski definition) is 0. The van der Waals surface area contributed by atoms with Crippen LogP contribution in [-0.2, 0) is 0 Å². The van der Waals surface area contributed by atoms with E-state index in [4.69, 9.17) is 11.6 Å². The Hall–Kier alpha value is 0.390. The topological polar surface area (TPSA) is 17.1 Å². The summed E-state index contributed by atoms with van der Waals surface area (Å²) < 4.78 is 1.84. The van der Waals surface area contributed by atoms with Crippen molar-refractivity contribution in [3.8, 4) is 0 Å². The molecule has 0 aromatic heterocycles. The maximum Gasteiger partial charge on any atom is 0.253 e. The average molecular weight is 359 g/mol. The van der Waals surface area contributed by atoms with Gasteiger partial charge < -0.3 is 0 Å². The van der Waals surface area contributed by atoms with Crippen LogP contribution >= 0.6 is 50.1 Å². The van der Waals surface area contributed by atoms with Crippen molar-refractivity contribution in [2.45, 2.75) is 6.92 Å². The largest absolute Gasteiger partial charge is 0.276 e. The molecule has 4 heteroatoms. The molecule has 0 aliphatic heterocycles. The van der Waals surface area contributed by atoms with Crippen molar-refractivity contribution in [1.82, 2.24) is 0 Å². The van der Waals surface area contributed by atoms with Crippen LogP contribution in [0.5, 0.6) is 0 Å². The summed E-state index contributed by atoms with van der Waals surface area (Å²) in [5.74, 6) is 0. The Morgan fingerprint density at radius 3 is 2.58 bits per heavy atom. The first kappa shape index (κ1) is 10.5. The van der Waals surface area contributed by atoms with Crippen LogP contribution in [0.2, 0.25) is 0 Å². The molecule has 0 radical (unpaired) electrons. The summed E-state index contributed by atoms with van der Waals surface area (Å²) in [4.78, 5) is 10.9. The molecule has 0 amide bonds. The molecule has 0 aliphatic carbocycles. The van der Waals surface area contributed by atoms with Gasteiger partial charge in [0, 0.05) is 8.04 Å². The van der Waals surface area contributed by atoms with E-state index in [9.17, 15) is 4.79 Å². The first-order valence-electron chi connectivity index (χ1n) is 3.18. The van der Waals surface area contributed by atoms with Gasteiger partial charge in [0.05, 0.1) is 5.56 Å². The molecule has 1 nitrogen and oxygen atoms in total. The van der Waals surface area contributed by atoms with E-state index >= 15 is 0 Å². The van der Waals surface area contributed by atoms with Gasteiger partial charge in [-0.25, -0.2) is 0 Å². The number of rotatable bonds is 1. The average Bonchev–Trinajstić information content (AvgIpc) is 1.82. The van der Waals surface area contributed by atoms with E-state index in [1.165, 1.54) is 0 Å². The van der Waals surface area contributed by atoms with Crippen molar-refractivity contribution in [3.05, 3.63) is 31.3 Å². The maximum absolute atomic E-state index is 10.9. The summed E-state index contributed by atoms with van der Waals surface area (Å²) in [6, 6.07) is 3.78. The third-order valence-corrected chi connectivity index (χ3v) is 2.89. The Bertz CT molecular complexity index is 315. The first-order chi connectivity index (χ1) is 5.52. The molecule has 0 fully saturated rings. The van der Waals surface area contributed by atoms with Crippen molar-refractivity contribution < 1.29 is 4.79 Å².